The monoisotopic (exact) mass is 287 g/mol. The summed E-state index contributed by atoms with van der Waals surface area (Å²) in [4.78, 5) is 0. The van der Waals surface area contributed by atoms with Crippen LogP contribution in [0.15, 0.2) is 24.3 Å². The molecule has 0 aromatic heterocycles. The van der Waals surface area contributed by atoms with Crippen molar-refractivity contribution in [3.05, 3.63) is 29.8 Å². The van der Waals surface area contributed by atoms with E-state index in [-0.39, 0.29) is 11.7 Å². The second kappa shape index (κ2) is 5.62. The summed E-state index contributed by atoms with van der Waals surface area (Å²) in [5.74, 6) is 0. The maximum atomic E-state index is 6.32. The van der Waals surface area contributed by atoms with Gasteiger partial charge in [0.05, 0.1) is 24.4 Å². The van der Waals surface area contributed by atoms with Gasteiger partial charge in [-0.1, -0.05) is 31.0 Å². The van der Waals surface area contributed by atoms with E-state index in [2.05, 4.69) is 29.6 Å². The van der Waals surface area contributed by atoms with Crippen molar-refractivity contribution in [3.63, 3.8) is 0 Å². The van der Waals surface area contributed by atoms with Crippen molar-refractivity contribution in [1.82, 2.24) is 0 Å². The van der Waals surface area contributed by atoms with Crippen LogP contribution in [0.25, 0.3) is 0 Å². The van der Waals surface area contributed by atoms with Crippen LogP contribution in [-0.4, -0.2) is 31.0 Å². The van der Waals surface area contributed by atoms with Gasteiger partial charge in [-0.25, -0.2) is 0 Å². The Hall–Kier alpha value is -1.06. The number of rotatable bonds is 3. The SMILES string of the molecule is c1ccc2c(c1)CC(OCC1CCC3(CCCC3)O1)CN2. The van der Waals surface area contributed by atoms with E-state index in [9.17, 15) is 0 Å². The fourth-order valence-corrected chi connectivity index (χ4v) is 4.17. The Balaban J connectivity index is 1.29. The molecule has 1 spiro atoms. The Kier molecular flexibility index (Phi) is 3.64. The van der Waals surface area contributed by atoms with Crippen molar-refractivity contribution in [3.8, 4) is 0 Å². The van der Waals surface area contributed by atoms with Gasteiger partial charge in [-0.3, -0.25) is 0 Å². The van der Waals surface area contributed by atoms with E-state index in [1.807, 2.05) is 0 Å². The number of ether oxygens (including phenoxy) is 2. The molecule has 2 unspecified atom stereocenters. The zero-order valence-corrected chi connectivity index (χ0v) is 12.6. The lowest BCUT2D eigenvalue weighted by atomic mass is 9.98. The summed E-state index contributed by atoms with van der Waals surface area (Å²) >= 11 is 0. The van der Waals surface area contributed by atoms with Crippen LogP contribution in [0, 0.1) is 0 Å². The zero-order valence-electron chi connectivity index (χ0n) is 12.6. The highest BCUT2D eigenvalue weighted by molar-refractivity contribution is 5.53. The minimum Gasteiger partial charge on any atom is -0.382 e. The number of hydrogen-bond acceptors (Lipinski definition) is 3. The van der Waals surface area contributed by atoms with Crippen LogP contribution in [0.3, 0.4) is 0 Å². The van der Waals surface area contributed by atoms with E-state index in [4.69, 9.17) is 9.47 Å². The van der Waals surface area contributed by atoms with E-state index in [0.717, 1.165) is 19.6 Å². The van der Waals surface area contributed by atoms with Crippen molar-refractivity contribution >= 4 is 5.69 Å². The van der Waals surface area contributed by atoms with Crippen molar-refractivity contribution < 1.29 is 9.47 Å². The van der Waals surface area contributed by atoms with Gasteiger partial charge in [0, 0.05) is 18.7 Å². The molecule has 3 nitrogen and oxygen atoms in total. The molecule has 1 saturated carbocycles. The molecule has 21 heavy (non-hydrogen) atoms. The van der Waals surface area contributed by atoms with Crippen molar-refractivity contribution in [2.24, 2.45) is 0 Å². The summed E-state index contributed by atoms with van der Waals surface area (Å²) in [7, 11) is 0. The van der Waals surface area contributed by atoms with Crippen LogP contribution in [0.2, 0.25) is 0 Å². The van der Waals surface area contributed by atoms with Gasteiger partial charge in [0.15, 0.2) is 0 Å². The van der Waals surface area contributed by atoms with Crippen LogP contribution in [0.5, 0.6) is 0 Å². The molecule has 114 valence electrons. The average Bonchev–Trinajstić information content (AvgIpc) is 3.15. The number of nitrogens with one attached hydrogen (secondary N) is 1. The number of benzene rings is 1. The lowest BCUT2D eigenvalue weighted by Crippen LogP contribution is -2.33. The fourth-order valence-electron chi connectivity index (χ4n) is 4.17. The van der Waals surface area contributed by atoms with Crippen LogP contribution in [-0.2, 0) is 15.9 Å². The Morgan fingerprint density at radius 2 is 2.05 bits per heavy atom. The summed E-state index contributed by atoms with van der Waals surface area (Å²) in [6, 6.07) is 8.53. The topological polar surface area (TPSA) is 30.5 Å². The molecule has 1 N–H and O–H groups in total. The number of fused-ring (bicyclic) bond motifs is 1. The first-order valence-corrected chi connectivity index (χ1v) is 8.44. The standard InChI is InChI=1S/C18H25NO2/c1-2-6-17-14(5-1)11-16(12-19-17)20-13-15-7-10-18(21-15)8-3-4-9-18/h1-2,5-6,15-16,19H,3-4,7-13H2. The van der Waals surface area contributed by atoms with E-state index >= 15 is 0 Å². The number of anilines is 1. The maximum Gasteiger partial charge on any atom is 0.0817 e. The molecule has 1 aromatic carbocycles. The third-order valence-electron chi connectivity index (χ3n) is 5.36. The van der Waals surface area contributed by atoms with E-state index < -0.39 is 0 Å². The van der Waals surface area contributed by atoms with E-state index in [1.165, 1.54) is 49.8 Å². The Morgan fingerprint density at radius 1 is 1.19 bits per heavy atom. The predicted molar refractivity (Wildman–Crippen MR) is 83.7 cm³/mol. The maximum absolute atomic E-state index is 6.32. The first-order valence-electron chi connectivity index (χ1n) is 8.44. The van der Waals surface area contributed by atoms with Gasteiger partial charge in [0.2, 0.25) is 0 Å². The Bertz CT molecular complexity index is 496. The summed E-state index contributed by atoms with van der Waals surface area (Å²) in [5.41, 5.74) is 2.86. The molecule has 1 aromatic rings. The van der Waals surface area contributed by atoms with Crippen molar-refractivity contribution in [2.45, 2.75) is 62.8 Å². The minimum atomic E-state index is 0.228. The third kappa shape index (κ3) is 2.82. The summed E-state index contributed by atoms with van der Waals surface area (Å²) in [6.45, 7) is 1.67. The van der Waals surface area contributed by atoms with Crippen LogP contribution >= 0.6 is 0 Å². The normalized spacial score (nSPS) is 30.3. The second-order valence-electron chi connectivity index (χ2n) is 6.87. The van der Waals surface area contributed by atoms with Crippen LogP contribution in [0.1, 0.15) is 44.1 Å². The molecule has 0 amide bonds. The molecule has 1 saturated heterocycles. The second-order valence-corrected chi connectivity index (χ2v) is 6.87. The first-order chi connectivity index (χ1) is 10.3. The van der Waals surface area contributed by atoms with Gasteiger partial charge < -0.3 is 14.8 Å². The molecule has 3 aliphatic rings. The summed E-state index contributed by atoms with van der Waals surface area (Å²) in [6.07, 6.45) is 9.26. The van der Waals surface area contributed by atoms with Crippen molar-refractivity contribution in [2.75, 3.05) is 18.5 Å². The molecule has 4 rings (SSSR count). The van der Waals surface area contributed by atoms with Crippen molar-refractivity contribution in [1.29, 1.82) is 0 Å². The predicted octanol–water partition coefficient (Wildman–Crippen LogP) is 3.53. The van der Waals surface area contributed by atoms with Gasteiger partial charge in [-0.15, -0.1) is 0 Å². The first kappa shape index (κ1) is 13.6. The Labute approximate surface area is 127 Å². The van der Waals surface area contributed by atoms with Crippen LogP contribution in [0.4, 0.5) is 5.69 Å². The zero-order chi connectivity index (χ0) is 14.1. The molecule has 3 heteroatoms. The largest absolute Gasteiger partial charge is 0.382 e. The van der Waals surface area contributed by atoms with Gasteiger partial charge in [0.25, 0.3) is 0 Å². The molecule has 2 fully saturated rings. The molecule has 2 heterocycles. The van der Waals surface area contributed by atoms with Gasteiger partial charge >= 0.3 is 0 Å². The Morgan fingerprint density at radius 3 is 2.95 bits per heavy atom. The van der Waals surface area contributed by atoms with Gasteiger partial charge in [-0.05, 0) is 37.3 Å². The number of para-hydroxylation sites is 1. The van der Waals surface area contributed by atoms with Gasteiger partial charge in [-0.2, -0.15) is 0 Å². The van der Waals surface area contributed by atoms with E-state index in [0.29, 0.717) is 6.10 Å². The molecule has 0 bridgehead atoms. The lowest BCUT2D eigenvalue weighted by molar-refractivity contribution is -0.0802. The highest BCUT2D eigenvalue weighted by Crippen LogP contribution is 2.43. The average molecular weight is 287 g/mol. The highest BCUT2D eigenvalue weighted by Gasteiger charge is 2.42. The number of hydrogen-bond donors (Lipinski definition) is 1. The van der Waals surface area contributed by atoms with Gasteiger partial charge in [0.1, 0.15) is 0 Å². The third-order valence-corrected chi connectivity index (χ3v) is 5.36. The molecular weight excluding hydrogens is 262 g/mol. The minimum absolute atomic E-state index is 0.228. The highest BCUT2D eigenvalue weighted by atomic mass is 16.6. The summed E-state index contributed by atoms with van der Waals surface area (Å²) < 4.78 is 12.5. The fraction of sp³-hybridized carbons (Fsp3) is 0.667. The lowest BCUT2D eigenvalue weighted by Gasteiger charge is -2.28. The molecule has 2 atom stereocenters. The smallest absolute Gasteiger partial charge is 0.0817 e. The molecular formula is C18H25NO2. The van der Waals surface area contributed by atoms with Crippen LogP contribution < -0.4 is 5.32 Å². The molecule has 2 aliphatic heterocycles. The molecule has 1 aliphatic carbocycles. The molecule has 0 radical (unpaired) electrons. The summed E-state index contributed by atoms with van der Waals surface area (Å²) in [5, 5.41) is 3.47. The van der Waals surface area contributed by atoms with E-state index in [1.54, 1.807) is 0 Å². The quantitative estimate of drug-likeness (QED) is 0.922.